The normalized spacial score (nSPS) is 14.9. The molecule has 0 heterocycles. The van der Waals surface area contributed by atoms with Gasteiger partial charge in [0.25, 0.3) is 0 Å². The Hall–Kier alpha value is -2.32. The van der Waals surface area contributed by atoms with E-state index in [9.17, 15) is 18.4 Å². The third kappa shape index (κ3) is 6.36. The van der Waals surface area contributed by atoms with Crippen LogP contribution in [0.2, 0.25) is 0 Å². The molecule has 2 aromatic rings. The Bertz CT molecular complexity index is 853. The van der Waals surface area contributed by atoms with Crippen molar-refractivity contribution in [3.8, 4) is 6.07 Å². The number of benzene rings is 2. The minimum atomic E-state index is -4.38. The van der Waals surface area contributed by atoms with Crippen molar-refractivity contribution in [1.82, 2.24) is 4.90 Å². The molecule has 2 rings (SSSR count). The monoisotopic (exact) mass is 444 g/mol. The van der Waals surface area contributed by atoms with E-state index < -0.39 is 17.2 Å². The predicted molar refractivity (Wildman–Crippen MR) is 124 cm³/mol. The van der Waals surface area contributed by atoms with E-state index in [-0.39, 0.29) is 5.92 Å². The minimum absolute atomic E-state index is 0.0181. The van der Waals surface area contributed by atoms with Gasteiger partial charge in [0.2, 0.25) is 0 Å². The van der Waals surface area contributed by atoms with E-state index in [1.807, 2.05) is 32.0 Å². The maximum absolute atomic E-state index is 13.0. The van der Waals surface area contributed by atoms with Crippen LogP contribution in [-0.4, -0.2) is 17.5 Å². The second-order valence-corrected chi connectivity index (χ2v) is 8.87. The van der Waals surface area contributed by atoms with Crippen LogP contribution in [0.1, 0.15) is 70.1 Å². The Morgan fingerprint density at radius 2 is 1.53 bits per heavy atom. The van der Waals surface area contributed by atoms with E-state index in [2.05, 4.69) is 36.9 Å². The van der Waals surface area contributed by atoms with Crippen LogP contribution >= 0.6 is 0 Å². The minimum Gasteiger partial charge on any atom is -0.296 e. The molecule has 0 radical (unpaired) electrons. The molecule has 0 N–H and O–H groups in total. The molecule has 2 aromatic carbocycles. The van der Waals surface area contributed by atoms with Crippen molar-refractivity contribution in [3.63, 3.8) is 0 Å². The zero-order valence-electron chi connectivity index (χ0n) is 19.6. The molecule has 0 aromatic heterocycles. The Balaban J connectivity index is 2.26. The molecule has 2 nitrogen and oxygen atoms in total. The summed E-state index contributed by atoms with van der Waals surface area (Å²) in [5.41, 5.74) is 0.433. The summed E-state index contributed by atoms with van der Waals surface area (Å²) in [5.74, 6) is -0.0181. The highest BCUT2D eigenvalue weighted by atomic mass is 19.4. The van der Waals surface area contributed by atoms with Crippen LogP contribution in [0, 0.1) is 17.2 Å². The largest absolute Gasteiger partial charge is 0.416 e. The molecule has 0 amide bonds. The van der Waals surface area contributed by atoms with Crippen molar-refractivity contribution >= 4 is 0 Å². The van der Waals surface area contributed by atoms with Crippen LogP contribution in [0.15, 0.2) is 54.6 Å². The van der Waals surface area contributed by atoms with Gasteiger partial charge in [0.15, 0.2) is 0 Å². The number of halogens is 3. The summed E-state index contributed by atoms with van der Waals surface area (Å²) in [4.78, 5) is 2.48. The molecule has 174 valence electrons. The van der Waals surface area contributed by atoms with Crippen LogP contribution in [0.4, 0.5) is 13.2 Å². The standard InChI is InChI=1S/C27H35F3N2/c1-5-18-32(19-22-10-8-7-9-11-22)25(6-2)16-17-26(20-31,21(3)4)23-12-14-24(15-13-23)27(28,29)30/h7-15,21,25H,5-6,16-19H2,1-4H3. The molecule has 0 fully saturated rings. The molecular formula is C27H35F3N2. The molecule has 0 saturated carbocycles. The molecule has 0 bridgehead atoms. The van der Waals surface area contributed by atoms with Gasteiger partial charge in [0.05, 0.1) is 17.0 Å². The number of alkyl halides is 3. The van der Waals surface area contributed by atoms with Gasteiger partial charge < -0.3 is 0 Å². The van der Waals surface area contributed by atoms with Crippen molar-refractivity contribution in [2.75, 3.05) is 6.54 Å². The number of nitrogens with zero attached hydrogens (tertiary/aromatic N) is 2. The molecule has 0 aliphatic rings. The number of nitriles is 1. The first-order chi connectivity index (χ1) is 15.2. The van der Waals surface area contributed by atoms with Gasteiger partial charge in [-0.05, 0) is 61.4 Å². The highest BCUT2D eigenvalue weighted by Gasteiger charge is 2.38. The Labute approximate surface area is 191 Å². The van der Waals surface area contributed by atoms with Crippen LogP contribution in [0.5, 0.6) is 0 Å². The van der Waals surface area contributed by atoms with E-state index in [1.54, 1.807) is 0 Å². The maximum Gasteiger partial charge on any atom is 0.416 e. The Morgan fingerprint density at radius 3 is 2.00 bits per heavy atom. The Kier molecular flexibility index (Phi) is 9.33. The van der Waals surface area contributed by atoms with Gasteiger partial charge in [0, 0.05) is 12.6 Å². The quantitative estimate of drug-likeness (QED) is 0.357. The van der Waals surface area contributed by atoms with Gasteiger partial charge >= 0.3 is 6.18 Å². The fraction of sp³-hybridized carbons (Fsp3) is 0.519. The molecular weight excluding hydrogens is 409 g/mol. The highest BCUT2D eigenvalue weighted by molar-refractivity contribution is 5.36. The third-order valence-corrected chi connectivity index (χ3v) is 6.51. The lowest BCUT2D eigenvalue weighted by atomic mass is 9.69. The van der Waals surface area contributed by atoms with E-state index in [0.717, 1.165) is 44.5 Å². The molecule has 2 atom stereocenters. The lowest BCUT2D eigenvalue weighted by molar-refractivity contribution is -0.137. The van der Waals surface area contributed by atoms with Crippen molar-refractivity contribution < 1.29 is 13.2 Å². The first-order valence-corrected chi connectivity index (χ1v) is 11.5. The molecule has 0 aliphatic carbocycles. The lowest BCUT2D eigenvalue weighted by Crippen LogP contribution is -2.38. The fourth-order valence-electron chi connectivity index (χ4n) is 4.51. The first-order valence-electron chi connectivity index (χ1n) is 11.5. The van der Waals surface area contributed by atoms with Crippen molar-refractivity contribution in [2.24, 2.45) is 5.92 Å². The predicted octanol–water partition coefficient (Wildman–Crippen LogP) is 7.59. The number of hydrogen-bond acceptors (Lipinski definition) is 2. The average molecular weight is 445 g/mol. The summed E-state index contributed by atoms with van der Waals surface area (Å²) in [6, 6.07) is 18.3. The van der Waals surface area contributed by atoms with Crippen LogP contribution in [0.3, 0.4) is 0 Å². The molecule has 0 spiro atoms. The Morgan fingerprint density at radius 1 is 0.938 bits per heavy atom. The second kappa shape index (κ2) is 11.5. The zero-order valence-corrected chi connectivity index (χ0v) is 19.6. The van der Waals surface area contributed by atoms with Crippen LogP contribution in [-0.2, 0) is 18.1 Å². The average Bonchev–Trinajstić information content (AvgIpc) is 2.77. The van der Waals surface area contributed by atoms with Crippen molar-refractivity contribution in [3.05, 3.63) is 71.3 Å². The lowest BCUT2D eigenvalue weighted by Gasteiger charge is -2.36. The van der Waals surface area contributed by atoms with Crippen molar-refractivity contribution in [1.29, 1.82) is 5.26 Å². The molecule has 2 unspecified atom stereocenters. The number of rotatable bonds is 11. The smallest absolute Gasteiger partial charge is 0.296 e. The summed E-state index contributed by atoms with van der Waals surface area (Å²) in [5, 5.41) is 10.2. The van der Waals surface area contributed by atoms with Crippen LogP contribution in [0.25, 0.3) is 0 Å². The molecule has 5 heteroatoms. The van der Waals surface area contributed by atoms with Gasteiger partial charge in [-0.25, -0.2) is 0 Å². The highest BCUT2D eigenvalue weighted by Crippen LogP contribution is 2.39. The van der Waals surface area contributed by atoms with E-state index >= 15 is 0 Å². The van der Waals surface area contributed by atoms with Gasteiger partial charge in [-0.3, -0.25) is 4.90 Å². The number of hydrogen-bond donors (Lipinski definition) is 0. The second-order valence-electron chi connectivity index (χ2n) is 8.87. The summed E-state index contributed by atoms with van der Waals surface area (Å²) in [7, 11) is 0. The van der Waals surface area contributed by atoms with Gasteiger partial charge in [-0.2, -0.15) is 18.4 Å². The molecule has 32 heavy (non-hydrogen) atoms. The SMILES string of the molecule is CCCN(Cc1ccccc1)C(CC)CCC(C#N)(c1ccc(C(F)(F)F)cc1)C(C)C. The first kappa shape index (κ1) is 25.9. The van der Waals surface area contributed by atoms with Crippen LogP contribution < -0.4 is 0 Å². The summed E-state index contributed by atoms with van der Waals surface area (Å²) >= 11 is 0. The summed E-state index contributed by atoms with van der Waals surface area (Å²) in [6.45, 7) is 10.1. The summed E-state index contributed by atoms with van der Waals surface area (Å²) < 4.78 is 39.1. The third-order valence-electron chi connectivity index (χ3n) is 6.51. The van der Waals surface area contributed by atoms with Crippen molar-refractivity contribution in [2.45, 2.75) is 77.6 Å². The fourth-order valence-corrected chi connectivity index (χ4v) is 4.51. The van der Waals surface area contributed by atoms with Gasteiger partial charge in [0.1, 0.15) is 0 Å². The summed E-state index contributed by atoms with van der Waals surface area (Å²) in [6.07, 6.45) is -0.956. The maximum atomic E-state index is 13.0. The van der Waals surface area contributed by atoms with Gasteiger partial charge in [-0.1, -0.05) is 70.2 Å². The molecule has 0 saturated heterocycles. The molecule has 0 aliphatic heterocycles. The topological polar surface area (TPSA) is 27.0 Å². The van der Waals surface area contributed by atoms with E-state index in [0.29, 0.717) is 18.0 Å². The van der Waals surface area contributed by atoms with Gasteiger partial charge in [-0.15, -0.1) is 0 Å². The zero-order chi connectivity index (χ0) is 23.8. The van der Waals surface area contributed by atoms with E-state index in [4.69, 9.17) is 0 Å². The van der Waals surface area contributed by atoms with E-state index in [1.165, 1.54) is 17.7 Å².